The van der Waals surface area contributed by atoms with Gasteiger partial charge in [0, 0.05) is 32.6 Å². The lowest BCUT2D eigenvalue weighted by Gasteiger charge is -2.37. The van der Waals surface area contributed by atoms with Gasteiger partial charge in [0.25, 0.3) is 0 Å². The average molecular weight is 437 g/mol. The summed E-state index contributed by atoms with van der Waals surface area (Å²) in [7, 11) is 3.29. The SMILES string of the molecule is COc1ccc(CC(=O)N2CCC3CC(=O)N(Cc4ccc(OC)cc4)CCC3C2)cc1. The van der Waals surface area contributed by atoms with Crippen LogP contribution in [-0.2, 0) is 22.6 Å². The van der Waals surface area contributed by atoms with Crippen molar-refractivity contribution in [1.29, 1.82) is 0 Å². The Morgan fingerprint density at radius 3 is 2.09 bits per heavy atom. The molecule has 32 heavy (non-hydrogen) atoms. The van der Waals surface area contributed by atoms with Gasteiger partial charge in [-0.1, -0.05) is 24.3 Å². The van der Waals surface area contributed by atoms with E-state index in [9.17, 15) is 9.59 Å². The molecular formula is C26H32N2O4. The molecule has 2 heterocycles. The second kappa shape index (κ2) is 10.1. The number of nitrogens with zero attached hydrogens (tertiary/aromatic N) is 2. The highest BCUT2D eigenvalue weighted by Crippen LogP contribution is 2.33. The van der Waals surface area contributed by atoms with Crippen molar-refractivity contribution in [3.05, 3.63) is 59.7 Å². The molecule has 0 N–H and O–H groups in total. The van der Waals surface area contributed by atoms with Crippen molar-refractivity contribution in [1.82, 2.24) is 9.80 Å². The van der Waals surface area contributed by atoms with Gasteiger partial charge in [0.2, 0.25) is 11.8 Å². The van der Waals surface area contributed by atoms with Gasteiger partial charge in [-0.2, -0.15) is 0 Å². The van der Waals surface area contributed by atoms with Crippen molar-refractivity contribution in [3.8, 4) is 11.5 Å². The van der Waals surface area contributed by atoms with Crippen LogP contribution in [0.4, 0.5) is 0 Å². The van der Waals surface area contributed by atoms with E-state index < -0.39 is 0 Å². The zero-order valence-electron chi connectivity index (χ0n) is 19.0. The lowest BCUT2D eigenvalue weighted by atomic mass is 9.82. The number of benzene rings is 2. The molecule has 0 aliphatic carbocycles. The molecule has 0 bridgehead atoms. The Hall–Kier alpha value is -3.02. The Morgan fingerprint density at radius 1 is 0.875 bits per heavy atom. The summed E-state index contributed by atoms with van der Waals surface area (Å²) in [5.41, 5.74) is 2.11. The van der Waals surface area contributed by atoms with Gasteiger partial charge in [-0.05, 0) is 60.1 Å². The second-order valence-electron chi connectivity index (χ2n) is 8.83. The summed E-state index contributed by atoms with van der Waals surface area (Å²) in [6, 6.07) is 15.6. The number of hydrogen-bond donors (Lipinski definition) is 0. The molecule has 2 atom stereocenters. The third-order valence-electron chi connectivity index (χ3n) is 6.85. The number of carbonyl (C=O) groups is 2. The van der Waals surface area contributed by atoms with Gasteiger partial charge in [0.1, 0.15) is 11.5 Å². The number of amides is 2. The molecule has 0 aromatic heterocycles. The van der Waals surface area contributed by atoms with Crippen LogP contribution in [0.2, 0.25) is 0 Å². The maximum atomic E-state index is 12.9. The first-order valence-electron chi connectivity index (χ1n) is 11.4. The third kappa shape index (κ3) is 5.23. The highest BCUT2D eigenvalue weighted by atomic mass is 16.5. The van der Waals surface area contributed by atoms with E-state index in [1.807, 2.05) is 58.3 Å². The molecule has 2 aromatic rings. The summed E-state index contributed by atoms with van der Waals surface area (Å²) in [6.07, 6.45) is 2.84. The number of hydrogen-bond acceptors (Lipinski definition) is 4. The van der Waals surface area contributed by atoms with Crippen LogP contribution in [0.25, 0.3) is 0 Å². The molecular weight excluding hydrogens is 404 g/mol. The standard InChI is InChI=1S/C26H32N2O4/c1-31-23-7-3-19(4-8-23)15-25(29)28-13-11-21-16-26(30)27(14-12-22(21)18-28)17-20-5-9-24(32-2)10-6-20/h3-10,21-22H,11-18H2,1-2H3. The molecule has 0 radical (unpaired) electrons. The predicted octanol–water partition coefficient (Wildman–Crippen LogP) is 3.53. The van der Waals surface area contributed by atoms with Crippen LogP contribution in [0.1, 0.15) is 30.4 Å². The van der Waals surface area contributed by atoms with E-state index in [1.54, 1.807) is 14.2 Å². The monoisotopic (exact) mass is 436 g/mol. The van der Waals surface area contributed by atoms with Crippen LogP contribution in [-0.4, -0.2) is 55.5 Å². The van der Waals surface area contributed by atoms with Gasteiger partial charge in [-0.25, -0.2) is 0 Å². The minimum atomic E-state index is 0.166. The molecule has 6 nitrogen and oxygen atoms in total. The molecule has 2 amide bonds. The van der Waals surface area contributed by atoms with E-state index in [1.165, 1.54) is 0 Å². The molecule has 0 saturated carbocycles. The first kappa shape index (κ1) is 22.2. The van der Waals surface area contributed by atoms with E-state index in [0.29, 0.717) is 31.2 Å². The highest BCUT2D eigenvalue weighted by Gasteiger charge is 2.36. The largest absolute Gasteiger partial charge is 0.497 e. The molecule has 170 valence electrons. The van der Waals surface area contributed by atoms with Crippen molar-refractivity contribution in [2.24, 2.45) is 11.8 Å². The molecule has 0 spiro atoms. The smallest absolute Gasteiger partial charge is 0.226 e. The van der Waals surface area contributed by atoms with Crippen molar-refractivity contribution in [2.75, 3.05) is 33.9 Å². The number of rotatable bonds is 6. The van der Waals surface area contributed by atoms with E-state index >= 15 is 0 Å². The molecule has 2 fully saturated rings. The number of fused-ring (bicyclic) bond motifs is 1. The fourth-order valence-corrected chi connectivity index (χ4v) is 4.85. The fraction of sp³-hybridized carbons (Fsp3) is 0.462. The van der Waals surface area contributed by atoms with E-state index in [0.717, 1.165) is 55.1 Å². The molecule has 2 saturated heterocycles. The Bertz CT molecular complexity index is 926. The minimum Gasteiger partial charge on any atom is -0.497 e. The topological polar surface area (TPSA) is 59.1 Å². The third-order valence-corrected chi connectivity index (χ3v) is 6.85. The van der Waals surface area contributed by atoms with Crippen LogP contribution in [0.3, 0.4) is 0 Å². The summed E-state index contributed by atoms with van der Waals surface area (Å²) in [5.74, 6) is 2.76. The molecule has 4 rings (SSSR count). The van der Waals surface area contributed by atoms with Crippen molar-refractivity contribution in [3.63, 3.8) is 0 Å². The van der Waals surface area contributed by atoms with Crippen molar-refractivity contribution >= 4 is 11.8 Å². The van der Waals surface area contributed by atoms with Crippen molar-refractivity contribution in [2.45, 2.75) is 32.2 Å². The molecule has 2 unspecified atom stereocenters. The van der Waals surface area contributed by atoms with Crippen LogP contribution >= 0.6 is 0 Å². The molecule has 6 heteroatoms. The Balaban J connectivity index is 1.34. The molecule has 2 aliphatic heterocycles. The molecule has 2 aromatic carbocycles. The Kier molecular flexibility index (Phi) is 6.98. The summed E-state index contributed by atoms with van der Waals surface area (Å²) < 4.78 is 10.4. The summed E-state index contributed by atoms with van der Waals surface area (Å²) >= 11 is 0. The van der Waals surface area contributed by atoms with E-state index in [4.69, 9.17) is 9.47 Å². The Labute approximate surface area is 190 Å². The van der Waals surface area contributed by atoms with Gasteiger partial charge >= 0.3 is 0 Å². The van der Waals surface area contributed by atoms with Gasteiger partial charge in [-0.3, -0.25) is 9.59 Å². The fourth-order valence-electron chi connectivity index (χ4n) is 4.85. The summed E-state index contributed by atoms with van der Waals surface area (Å²) in [4.78, 5) is 29.8. The van der Waals surface area contributed by atoms with Crippen LogP contribution in [0, 0.1) is 11.8 Å². The first-order chi connectivity index (χ1) is 15.6. The van der Waals surface area contributed by atoms with Crippen LogP contribution in [0.15, 0.2) is 48.5 Å². The quantitative estimate of drug-likeness (QED) is 0.695. The summed E-state index contributed by atoms with van der Waals surface area (Å²) in [6.45, 7) is 2.86. The van der Waals surface area contributed by atoms with Gasteiger partial charge in [0.15, 0.2) is 0 Å². The van der Waals surface area contributed by atoms with E-state index in [2.05, 4.69) is 0 Å². The number of likely N-dealkylation sites (tertiary alicyclic amines) is 2. The maximum absolute atomic E-state index is 12.9. The van der Waals surface area contributed by atoms with Crippen LogP contribution < -0.4 is 9.47 Å². The first-order valence-corrected chi connectivity index (χ1v) is 11.4. The minimum absolute atomic E-state index is 0.166. The highest BCUT2D eigenvalue weighted by molar-refractivity contribution is 5.79. The predicted molar refractivity (Wildman–Crippen MR) is 123 cm³/mol. The maximum Gasteiger partial charge on any atom is 0.226 e. The number of piperidine rings is 1. The van der Waals surface area contributed by atoms with Gasteiger partial charge in [-0.15, -0.1) is 0 Å². The van der Waals surface area contributed by atoms with Gasteiger partial charge in [0.05, 0.1) is 20.6 Å². The van der Waals surface area contributed by atoms with Crippen molar-refractivity contribution < 1.29 is 19.1 Å². The number of methoxy groups -OCH3 is 2. The molecule has 2 aliphatic rings. The van der Waals surface area contributed by atoms with E-state index in [-0.39, 0.29) is 11.8 Å². The zero-order chi connectivity index (χ0) is 22.5. The van der Waals surface area contributed by atoms with Crippen LogP contribution in [0.5, 0.6) is 11.5 Å². The lowest BCUT2D eigenvalue weighted by molar-refractivity contribution is -0.133. The normalized spacial score (nSPS) is 21.0. The number of carbonyl (C=O) groups excluding carboxylic acids is 2. The number of ether oxygens (including phenoxy) is 2. The Morgan fingerprint density at radius 2 is 1.47 bits per heavy atom. The zero-order valence-corrected chi connectivity index (χ0v) is 19.0. The van der Waals surface area contributed by atoms with Gasteiger partial charge < -0.3 is 19.3 Å². The summed E-state index contributed by atoms with van der Waals surface area (Å²) in [5, 5.41) is 0. The second-order valence-corrected chi connectivity index (χ2v) is 8.83. The lowest BCUT2D eigenvalue weighted by Crippen LogP contribution is -2.44. The average Bonchev–Trinajstić information content (AvgIpc) is 2.98.